The summed E-state index contributed by atoms with van der Waals surface area (Å²) >= 11 is 0. The molecule has 0 aromatic heterocycles. The van der Waals surface area contributed by atoms with Crippen molar-refractivity contribution in [2.75, 3.05) is 13.6 Å². The maximum absolute atomic E-state index is 13.0. The molecule has 2 aliphatic carbocycles. The number of esters is 2. The highest BCUT2D eigenvalue weighted by atomic mass is 16.6. The third-order valence-electron chi connectivity index (χ3n) is 8.54. The molecule has 0 amide bonds. The Morgan fingerprint density at radius 1 is 1.16 bits per heavy atom. The fourth-order valence-corrected chi connectivity index (χ4v) is 6.69. The number of likely N-dealkylation sites (N-methyl/N-ethyl adjacent to an activating group) is 1. The number of ether oxygens (including phenoxy) is 3. The number of aliphatic hydroxyl groups is 2. The minimum absolute atomic E-state index is 0.0230. The summed E-state index contributed by atoms with van der Waals surface area (Å²) in [6.45, 7) is 2.07. The van der Waals surface area contributed by atoms with E-state index in [1.165, 1.54) is 6.92 Å². The maximum Gasteiger partial charge on any atom is 0.352 e. The number of hydrogen-bond acceptors (Lipinski definition) is 9. The number of rotatable bonds is 5. The van der Waals surface area contributed by atoms with Crippen molar-refractivity contribution in [3.8, 4) is 11.5 Å². The number of phenolic OH excluding ortho intramolecular Hbond substituents is 1. The van der Waals surface area contributed by atoms with Crippen LogP contribution in [-0.4, -0.2) is 69.6 Å². The first-order valence-electron chi connectivity index (χ1n) is 12.5. The Hall–Kier alpha value is -3.40. The summed E-state index contributed by atoms with van der Waals surface area (Å²) in [5.41, 5.74) is 0.0745. The zero-order valence-corrected chi connectivity index (χ0v) is 20.6. The average molecular weight is 508 g/mol. The molecule has 9 heteroatoms. The zero-order valence-electron chi connectivity index (χ0n) is 20.6. The Balaban J connectivity index is 1.27. The minimum atomic E-state index is -1.54. The van der Waals surface area contributed by atoms with Gasteiger partial charge in [0.2, 0.25) is 0 Å². The summed E-state index contributed by atoms with van der Waals surface area (Å²) in [6.07, 6.45) is -0.595. The van der Waals surface area contributed by atoms with E-state index in [0.717, 1.165) is 11.1 Å². The first-order chi connectivity index (χ1) is 17.7. The van der Waals surface area contributed by atoms with Gasteiger partial charge in [0, 0.05) is 18.0 Å². The topological polar surface area (TPSA) is 126 Å². The summed E-state index contributed by atoms with van der Waals surface area (Å²) in [6, 6.07) is 11.6. The molecular weight excluding hydrogens is 478 g/mol. The van der Waals surface area contributed by atoms with Gasteiger partial charge in [-0.25, -0.2) is 9.59 Å². The number of likely N-dealkylation sites (tertiary alicyclic amines) is 1. The van der Waals surface area contributed by atoms with Crippen molar-refractivity contribution < 1.29 is 39.1 Å². The van der Waals surface area contributed by atoms with E-state index in [4.69, 9.17) is 14.2 Å². The number of aliphatic hydroxyl groups excluding tert-OH is 1. The summed E-state index contributed by atoms with van der Waals surface area (Å²) < 4.78 is 17.2. The molecule has 2 aliphatic heterocycles. The molecule has 2 bridgehead atoms. The van der Waals surface area contributed by atoms with Crippen molar-refractivity contribution in [1.29, 1.82) is 0 Å². The molecule has 4 aliphatic rings. The highest BCUT2D eigenvalue weighted by molar-refractivity contribution is 5.82. The van der Waals surface area contributed by atoms with Gasteiger partial charge < -0.3 is 34.4 Å². The Bertz CT molecular complexity index is 1310. The monoisotopic (exact) mass is 507 g/mol. The largest absolute Gasteiger partial charge is 0.504 e. The van der Waals surface area contributed by atoms with Gasteiger partial charge in [0.1, 0.15) is 5.76 Å². The molecule has 1 spiro atoms. The molecule has 6 atom stereocenters. The van der Waals surface area contributed by atoms with E-state index in [2.05, 4.69) is 4.90 Å². The van der Waals surface area contributed by atoms with E-state index >= 15 is 0 Å². The molecule has 1 unspecified atom stereocenters. The number of carbonyl (C=O) groups excluding carboxylic acids is 2. The molecule has 0 radical (unpaired) electrons. The van der Waals surface area contributed by atoms with Crippen LogP contribution < -0.4 is 4.74 Å². The third-order valence-corrected chi connectivity index (χ3v) is 8.54. The fourth-order valence-electron chi connectivity index (χ4n) is 6.69. The van der Waals surface area contributed by atoms with E-state index in [1.54, 1.807) is 42.5 Å². The maximum atomic E-state index is 13.0. The second-order valence-corrected chi connectivity index (χ2v) is 10.4. The molecule has 3 N–H and O–H groups in total. The van der Waals surface area contributed by atoms with Crippen LogP contribution in [0.25, 0.3) is 0 Å². The molecular formula is C28H29NO8. The number of aromatic hydroxyl groups is 1. The lowest BCUT2D eigenvalue weighted by Gasteiger charge is -2.61. The number of carbonyl (C=O) groups is 2. The SMILES string of the molecule is CC(OC(=O)[C@@H](O)c1ccccc1)C(=O)OC1=CC[C@@]2(O)[C@H]3Cc4ccc(O)c5c4[C@@]2(CCN3C)[C@H]1O5. The van der Waals surface area contributed by atoms with Crippen LogP contribution in [0.1, 0.15) is 42.6 Å². The van der Waals surface area contributed by atoms with Gasteiger partial charge >= 0.3 is 11.9 Å². The molecule has 1 saturated heterocycles. The van der Waals surface area contributed by atoms with Crippen molar-refractivity contribution >= 4 is 11.9 Å². The quantitative estimate of drug-likeness (QED) is 0.520. The fraction of sp³-hybridized carbons (Fsp3) is 0.429. The van der Waals surface area contributed by atoms with Gasteiger partial charge in [0.05, 0.1) is 11.0 Å². The van der Waals surface area contributed by atoms with E-state index in [9.17, 15) is 24.9 Å². The summed E-state index contributed by atoms with van der Waals surface area (Å²) in [5, 5.41) is 33.0. The lowest BCUT2D eigenvalue weighted by atomic mass is 9.50. The van der Waals surface area contributed by atoms with Crippen LogP contribution in [0.4, 0.5) is 0 Å². The summed E-state index contributed by atoms with van der Waals surface area (Å²) in [4.78, 5) is 27.6. The van der Waals surface area contributed by atoms with Gasteiger partial charge in [-0.15, -0.1) is 0 Å². The van der Waals surface area contributed by atoms with Gasteiger partial charge in [-0.3, -0.25) is 0 Å². The van der Waals surface area contributed by atoms with Crippen molar-refractivity contribution in [2.24, 2.45) is 0 Å². The third kappa shape index (κ3) is 3.27. The molecule has 6 rings (SSSR count). The molecule has 2 aromatic rings. The van der Waals surface area contributed by atoms with Crippen LogP contribution in [-0.2, 0) is 30.9 Å². The van der Waals surface area contributed by atoms with Gasteiger partial charge in [-0.05, 0) is 56.6 Å². The van der Waals surface area contributed by atoms with E-state index in [0.29, 0.717) is 30.7 Å². The molecule has 2 aromatic carbocycles. The normalized spacial score (nSPS) is 30.9. The number of benzene rings is 2. The molecule has 0 saturated carbocycles. The molecule has 1 fully saturated rings. The minimum Gasteiger partial charge on any atom is -0.504 e. The van der Waals surface area contributed by atoms with E-state index < -0.39 is 41.3 Å². The molecule has 2 heterocycles. The number of piperidine rings is 1. The van der Waals surface area contributed by atoms with E-state index in [-0.39, 0.29) is 24.0 Å². The van der Waals surface area contributed by atoms with Gasteiger partial charge in [0.15, 0.2) is 29.8 Å². The van der Waals surface area contributed by atoms with Crippen LogP contribution in [0.2, 0.25) is 0 Å². The highest BCUT2D eigenvalue weighted by Gasteiger charge is 2.72. The van der Waals surface area contributed by atoms with Crippen LogP contribution in [0, 0.1) is 0 Å². The molecule has 37 heavy (non-hydrogen) atoms. The second-order valence-electron chi connectivity index (χ2n) is 10.4. The van der Waals surface area contributed by atoms with Crippen molar-refractivity contribution in [1.82, 2.24) is 4.90 Å². The van der Waals surface area contributed by atoms with Gasteiger partial charge in [-0.2, -0.15) is 0 Å². The van der Waals surface area contributed by atoms with Crippen LogP contribution in [0.5, 0.6) is 11.5 Å². The summed E-state index contributed by atoms with van der Waals surface area (Å²) in [7, 11) is 1.99. The summed E-state index contributed by atoms with van der Waals surface area (Å²) in [5.74, 6) is -1.28. The predicted molar refractivity (Wildman–Crippen MR) is 130 cm³/mol. The Labute approximate surface area is 213 Å². The van der Waals surface area contributed by atoms with Crippen LogP contribution in [0.3, 0.4) is 0 Å². The lowest BCUT2D eigenvalue weighted by molar-refractivity contribution is -0.178. The van der Waals surface area contributed by atoms with Gasteiger partial charge in [-0.1, -0.05) is 36.4 Å². The van der Waals surface area contributed by atoms with E-state index in [1.807, 2.05) is 13.1 Å². The first-order valence-corrected chi connectivity index (χ1v) is 12.5. The second kappa shape index (κ2) is 8.31. The molecule has 9 nitrogen and oxygen atoms in total. The first kappa shape index (κ1) is 24.0. The molecule has 194 valence electrons. The lowest BCUT2D eigenvalue weighted by Crippen LogP contribution is -2.74. The smallest absolute Gasteiger partial charge is 0.352 e. The van der Waals surface area contributed by atoms with Crippen molar-refractivity contribution in [2.45, 2.75) is 61.6 Å². The zero-order chi connectivity index (χ0) is 26.1. The standard InChI is InChI=1S/C28H29NO8/c1-15(35-26(33)22(31)16-6-4-3-5-7-16)25(32)36-19-10-11-28(34)20-14-17-8-9-18(30)23-21(17)27(28,24(19)37-23)12-13-29(20)2/h3-10,15,20,22,24,30-31,34H,11-14H2,1-2H3/t15?,20-,22+,24+,27+,28-/m1/s1. The highest BCUT2D eigenvalue weighted by Crippen LogP contribution is 2.65. The number of hydrogen-bond donors (Lipinski definition) is 3. The van der Waals surface area contributed by atoms with Crippen LogP contribution >= 0.6 is 0 Å². The number of phenols is 1. The Morgan fingerprint density at radius 3 is 2.68 bits per heavy atom. The van der Waals surface area contributed by atoms with Crippen LogP contribution in [0.15, 0.2) is 54.3 Å². The predicted octanol–water partition coefficient (Wildman–Crippen LogP) is 1.88. The van der Waals surface area contributed by atoms with Gasteiger partial charge in [0.25, 0.3) is 0 Å². The average Bonchev–Trinajstić information content (AvgIpc) is 3.25. The van der Waals surface area contributed by atoms with Crippen molar-refractivity contribution in [3.63, 3.8) is 0 Å². The number of nitrogens with zero attached hydrogens (tertiary/aromatic N) is 1. The Morgan fingerprint density at radius 2 is 1.92 bits per heavy atom. The Kier molecular flexibility index (Phi) is 5.38. The van der Waals surface area contributed by atoms with Crippen molar-refractivity contribution in [3.05, 3.63) is 71.0 Å².